The van der Waals surface area contributed by atoms with Gasteiger partial charge in [-0.2, -0.15) is 0 Å². The second-order valence-electron chi connectivity index (χ2n) is 3.95. The highest BCUT2D eigenvalue weighted by Gasteiger charge is 2.16. The largest absolute Gasteiger partial charge is 0.322 e. The molecule has 15 heavy (non-hydrogen) atoms. The molecule has 0 fully saturated rings. The monoisotopic (exact) mass is 228 g/mol. The van der Waals surface area contributed by atoms with Gasteiger partial charge in [-0.15, -0.1) is 0 Å². The van der Waals surface area contributed by atoms with Gasteiger partial charge in [0.05, 0.1) is 4.90 Å². The van der Waals surface area contributed by atoms with Crippen molar-refractivity contribution >= 4 is 10.0 Å². The van der Waals surface area contributed by atoms with E-state index in [-0.39, 0.29) is 4.90 Å². The summed E-state index contributed by atoms with van der Waals surface area (Å²) in [4.78, 5) is 0.248. The first-order chi connectivity index (χ1) is 6.77. The number of hydrogen-bond donors (Lipinski definition) is 2. The molecule has 0 radical (unpaired) electrons. The number of hydrogen-bond acceptors (Lipinski definition) is 3. The Morgan fingerprint density at radius 1 is 1.20 bits per heavy atom. The van der Waals surface area contributed by atoms with Gasteiger partial charge in [-0.1, -0.05) is 12.1 Å². The molecule has 0 bridgehead atoms. The molecule has 0 atom stereocenters. The Balaban J connectivity index is 3.12. The Kier molecular flexibility index (Phi) is 3.18. The van der Waals surface area contributed by atoms with Crippen molar-refractivity contribution < 1.29 is 8.42 Å². The number of nitrogens with one attached hydrogen (secondary N) is 1. The van der Waals surface area contributed by atoms with Gasteiger partial charge >= 0.3 is 0 Å². The van der Waals surface area contributed by atoms with Gasteiger partial charge in [0.15, 0.2) is 0 Å². The molecule has 0 aromatic heterocycles. The van der Waals surface area contributed by atoms with Gasteiger partial charge in [-0.25, -0.2) is 13.1 Å². The van der Waals surface area contributed by atoms with Crippen LogP contribution in [0.1, 0.15) is 19.4 Å². The van der Waals surface area contributed by atoms with Crippen molar-refractivity contribution in [2.75, 3.05) is 7.05 Å². The fourth-order valence-electron chi connectivity index (χ4n) is 1.18. The summed E-state index contributed by atoms with van der Waals surface area (Å²) >= 11 is 0. The second-order valence-corrected chi connectivity index (χ2v) is 5.84. The number of benzene rings is 1. The van der Waals surface area contributed by atoms with Crippen molar-refractivity contribution in [3.8, 4) is 0 Å². The Morgan fingerprint density at radius 3 is 2.00 bits per heavy atom. The molecular formula is C10H16N2O2S. The van der Waals surface area contributed by atoms with Crippen molar-refractivity contribution in [1.29, 1.82) is 0 Å². The summed E-state index contributed by atoms with van der Waals surface area (Å²) in [5.41, 5.74) is 6.33. The minimum absolute atomic E-state index is 0.248. The number of nitrogens with two attached hydrogens (primary N) is 1. The first-order valence-electron chi connectivity index (χ1n) is 4.60. The molecule has 1 aromatic carbocycles. The van der Waals surface area contributed by atoms with Crippen LogP contribution in [0.15, 0.2) is 29.2 Å². The van der Waals surface area contributed by atoms with Gasteiger partial charge in [-0.05, 0) is 38.6 Å². The highest BCUT2D eigenvalue weighted by molar-refractivity contribution is 7.89. The van der Waals surface area contributed by atoms with Gasteiger partial charge < -0.3 is 5.73 Å². The zero-order chi connectivity index (χ0) is 11.7. The van der Waals surface area contributed by atoms with E-state index in [1.807, 2.05) is 13.8 Å². The van der Waals surface area contributed by atoms with Crippen LogP contribution in [0.5, 0.6) is 0 Å². The average Bonchev–Trinajstić information content (AvgIpc) is 2.17. The van der Waals surface area contributed by atoms with E-state index in [0.29, 0.717) is 0 Å². The van der Waals surface area contributed by atoms with Gasteiger partial charge in [-0.3, -0.25) is 0 Å². The molecule has 0 heterocycles. The van der Waals surface area contributed by atoms with E-state index in [4.69, 9.17) is 5.73 Å². The summed E-state index contributed by atoms with van der Waals surface area (Å²) in [6.07, 6.45) is 0. The van der Waals surface area contributed by atoms with Gasteiger partial charge in [0.25, 0.3) is 0 Å². The predicted octanol–water partition coefficient (Wildman–Crippen LogP) is 0.788. The molecule has 0 aliphatic carbocycles. The summed E-state index contributed by atoms with van der Waals surface area (Å²) in [5.74, 6) is 0. The number of rotatable bonds is 3. The molecule has 0 saturated heterocycles. The molecule has 0 aliphatic heterocycles. The van der Waals surface area contributed by atoms with Crippen LogP contribution in [0.25, 0.3) is 0 Å². The molecule has 0 aliphatic rings. The maximum atomic E-state index is 11.4. The van der Waals surface area contributed by atoms with E-state index in [2.05, 4.69) is 4.72 Å². The predicted molar refractivity (Wildman–Crippen MR) is 59.9 cm³/mol. The van der Waals surface area contributed by atoms with Crippen LogP contribution in [-0.4, -0.2) is 15.5 Å². The second kappa shape index (κ2) is 3.92. The first kappa shape index (κ1) is 12.2. The van der Waals surface area contributed by atoms with E-state index in [1.165, 1.54) is 7.05 Å². The Bertz CT molecular complexity index is 429. The molecule has 3 N–H and O–H groups in total. The highest BCUT2D eigenvalue weighted by atomic mass is 32.2. The summed E-state index contributed by atoms with van der Waals surface area (Å²) in [6, 6.07) is 6.56. The molecule has 84 valence electrons. The number of sulfonamides is 1. The van der Waals surface area contributed by atoms with Crippen LogP contribution in [0.4, 0.5) is 0 Å². The molecule has 1 rings (SSSR count). The van der Waals surface area contributed by atoms with Gasteiger partial charge in [0, 0.05) is 5.54 Å². The first-order valence-corrected chi connectivity index (χ1v) is 6.08. The lowest BCUT2D eigenvalue weighted by Gasteiger charge is -2.19. The molecule has 0 unspecified atom stereocenters. The van der Waals surface area contributed by atoms with Crippen LogP contribution in [0.2, 0.25) is 0 Å². The molecular weight excluding hydrogens is 212 g/mol. The quantitative estimate of drug-likeness (QED) is 0.803. The summed E-state index contributed by atoms with van der Waals surface area (Å²) in [5, 5.41) is 0. The molecule has 0 saturated carbocycles. The summed E-state index contributed by atoms with van der Waals surface area (Å²) in [7, 11) is -1.97. The van der Waals surface area contributed by atoms with Gasteiger partial charge in [0.1, 0.15) is 0 Å². The third kappa shape index (κ3) is 2.77. The third-order valence-electron chi connectivity index (χ3n) is 2.18. The lowest BCUT2D eigenvalue weighted by atomic mass is 9.96. The van der Waals surface area contributed by atoms with E-state index in [0.717, 1.165) is 5.56 Å². The summed E-state index contributed by atoms with van der Waals surface area (Å²) in [6.45, 7) is 3.74. The lowest BCUT2D eigenvalue weighted by Crippen LogP contribution is -2.28. The van der Waals surface area contributed by atoms with E-state index < -0.39 is 15.6 Å². The van der Waals surface area contributed by atoms with Crippen molar-refractivity contribution in [3.05, 3.63) is 29.8 Å². The van der Waals surface area contributed by atoms with Crippen LogP contribution >= 0.6 is 0 Å². The van der Waals surface area contributed by atoms with E-state index in [9.17, 15) is 8.42 Å². The normalized spacial score (nSPS) is 12.8. The van der Waals surface area contributed by atoms with Crippen molar-refractivity contribution in [2.45, 2.75) is 24.3 Å². The molecule has 5 heteroatoms. The molecule has 0 amide bonds. The van der Waals surface area contributed by atoms with E-state index in [1.54, 1.807) is 24.3 Å². The molecule has 0 spiro atoms. The fourth-order valence-corrected chi connectivity index (χ4v) is 1.91. The van der Waals surface area contributed by atoms with Crippen LogP contribution in [0, 0.1) is 0 Å². The third-order valence-corrected chi connectivity index (χ3v) is 3.61. The van der Waals surface area contributed by atoms with Crippen LogP contribution < -0.4 is 10.5 Å². The van der Waals surface area contributed by atoms with Crippen LogP contribution in [0.3, 0.4) is 0 Å². The zero-order valence-electron chi connectivity index (χ0n) is 9.11. The minimum Gasteiger partial charge on any atom is -0.322 e. The minimum atomic E-state index is -3.35. The maximum absolute atomic E-state index is 11.4. The van der Waals surface area contributed by atoms with Crippen molar-refractivity contribution in [2.24, 2.45) is 5.73 Å². The Hall–Kier alpha value is -0.910. The molecule has 1 aromatic rings. The Labute approximate surface area is 90.5 Å². The molecule has 4 nitrogen and oxygen atoms in total. The fraction of sp³-hybridized carbons (Fsp3) is 0.400. The highest BCUT2D eigenvalue weighted by Crippen LogP contribution is 2.18. The average molecular weight is 228 g/mol. The van der Waals surface area contributed by atoms with E-state index >= 15 is 0 Å². The van der Waals surface area contributed by atoms with Crippen molar-refractivity contribution in [3.63, 3.8) is 0 Å². The lowest BCUT2D eigenvalue weighted by molar-refractivity contribution is 0.553. The SMILES string of the molecule is CNS(=O)(=O)c1ccc(C(C)(C)N)cc1. The van der Waals surface area contributed by atoms with Gasteiger partial charge in [0.2, 0.25) is 10.0 Å². The smallest absolute Gasteiger partial charge is 0.240 e. The Morgan fingerprint density at radius 2 is 1.67 bits per heavy atom. The maximum Gasteiger partial charge on any atom is 0.240 e. The topological polar surface area (TPSA) is 72.2 Å². The standard InChI is InChI=1S/C10H16N2O2S/c1-10(2,11)8-4-6-9(7-5-8)15(13,14)12-3/h4-7,12H,11H2,1-3H3. The summed E-state index contributed by atoms with van der Waals surface area (Å²) < 4.78 is 25.1. The van der Waals surface area contributed by atoms with Crippen LogP contribution in [-0.2, 0) is 15.6 Å². The van der Waals surface area contributed by atoms with Crippen molar-refractivity contribution in [1.82, 2.24) is 4.72 Å². The zero-order valence-corrected chi connectivity index (χ0v) is 9.93.